The van der Waals surface area contributed by atoms with Crippen molar-refractivity contribution >= 4 is 50.6 Å². The summed E-state index contributed by atoms with van der Waals surface area (Å²) in [4.78, 5) is 20.0. The molecule has 0 saturated carbocycles. The molecule has 0 aliphatic heterocycles. The lowest BCUT2D eigenvalue weighted by molar-refractivity contribution is -0.115. The van der Waals surface area contributed by atoms with Gasteiger partial charge in [0.2, 0.25) is 5.91 Å². The summed E-state index contributed by atoms with van der Waals surface area (Å²) in [7, 11) is 0. The molecule has 0 unspecified atom stereocenters. The fourth-order valence-electron chi connectivity index (χ4n) is 3.83. The molecule has 4 aromatic rings. The van der Waals surface area contributed by atoms with Gasteiger partial charge in [-0.25, -0.2) is 4.98 Å². The standard InChI is InChI=1S/C21H21N5OS2/c1-12(19(27)23-14-8-4-3-5-9-14)28-21-25-24-18-17-15-10-6-7-11-16(15)29-20(17)22-13(2)26(18)21/h3-5,8-9,12H,6-7,10-11H2,1-2H3,(H,23,27)/t12-/m1/s1. The number of thiophene rings is 1. The van der Waals surface area contributed by atoms with Crippen molar-refractivity contribution in [3.8, 4) is 0 Å². The number of carbonyl (C=O) groups is 1. The maximum atomic E-state index is 12.6. The van der Waals surface area contributed by atoms with Crippen molar-refractivity contribution in [2.45, 2.75) is 49.9 Å². The van der Waals surface area contributed by atoms with Crippen LogP contribution in [-0.2, 0) is 17.6 Å². The van der Waals surface area contributed by atoms with Crippen LogP contribution in [0.15, 0.2) is 35.5 Å². The van der Waals surface area contributed by atoms with E-state index in [1.807, 2.05) is 48.6 Å². The Morgan fingerprint density at radius 1 is 1.21 bits per heavy atom. The third-order valence-electron chi connectivity index (χ3n) is 5.29. The van der Waals surface area contributed by atoms with Gasteiger partial charge in [-0.2, -0.15) is 0 Å². The normalized spacial score (nSPS) is 14.8. The van der Waals surface area contributed by atoms with Gasteiger partial charge in [0.15, 0.2) is 10.8 Å². The van der Waals surface area contributed by atoms with Crippen molar-refractivity contribution in [1.29, 1.82) is 0 Å². The molecular weight excluding hydrogens is 402 g/mol. The molecule has 1 N–H and O–H groups in total. The van der Waals surface area contributed by atoms with Crippen LogP contribution in [0.4, 0.5) is 5.69 Å². The summed E-state index contributed by atoms with van der Waals surface area (Å²) >= 11 is 3.21. The van der Waals surface area contributed by atoms with E-state index >= 15 is 0 Å². The Balaban J connectivity index is 1.48. The Kier molecular flexibility index (Phi) is 4.75. The van der Waals surface area contributed by atoms with E-state index in [1.54, 1.807) is 11.3 Å². The summed E-state index contributed by atoms with van der Waals surface area (Å²) < 4.78 is 2.00. The second kappa shape index (κ2) is 7.42. The number of nitrogens with one attached hydrogen (secondary N) is 1. The van der Waals surface area contributed by atoms with Crippen LogP contribution in [0.2, 0.25) is 0 Å². The van der Waals surface area contributed by atoms with E-state index in [9.17, 15) is 4.79 Å². The molecular formula is C21H21N5OS2. The van der Waals surface area contributed by atoms with Gasteiger partial charge in [-0.05, 0) is 57.2 Å². The monoisotopic (exact) mass is 423 g/mol. The third-order valence-corrected chi connectivity index (χ3v) is 7.52. The third kappa shape index (κ3) is 3.30. The number of fused-ring (bicyclic) bond motifs is 5. The minimum absolute atomic E-state index is 0.0578. The van der Waals surface area contributed by atoms with Gasteiger partial charge in [0.1, 0.15) is 10.7 Å². The molecule has 1 aromatic carbocycles. The zero-order valence-electron chi connectivity index (χ0n) is 16.3. The number of thioether (sulfide) groups is 1. The number of para-hydroxylation sites is 1. The predicted octanol–water partition coefficient (Wildman–Crippen LogP) is 4.65. The van der Waals surface area contributed by atoms with E-state index < -0.39 is 0 Å². The van der Waals surface area contributed by atoms with Crippen molar-refractivity contribution in [3.63, 3.8) is 0 Å². The molecule has 0 radical (unpaired) electrons. The summed E-state index contributed by atoms with van der Waals surface area (Å²) in [5.74, 6) is 0.798. The number of amides is 1. The first-order valence-corrected chi connectivity index (χ1v) is 11.5. The van der Waals surface area contributed by atoms with Crippen LogP contribution in [0.5, 0.6) is 0 Å². The number of aryl methyl sites for hydroxylation is 3. The number of rotatable bonds is 4. The quantitative estimate of drug-likeness (QED) is 0.484. The molecule has 0 fully saturated rings. The Hall–Kier alpha value is -2.45. The lowest BCUT2D eigenvalue weighted by Gasteiger charge is -2.12. The van der Waals surface area contributed by atoms with Crippen LogP contribution in [0, 0.1) is 6.92 Å². The first kappa shape index (κ1) is 18.6. The van der Waals surface area contributed by atoms with Crippen molar-refractivity contribution < 1.29 is 4.79 Å². The molecule has 6 nitrogen and oxygen atoms in total. The fourth-order valence-corrected chi connectivity index (χ4v) is 6.03. The summed E-state index contributed by atoms with van der Waals surface area (Å²) in [6, 6.07) is 9.50. The van der Waals surface area contributed by atoms with E-state index in [4.69, 9.17) is 4.98 Å². The van der Waals surface area contributed by atoms with Crippen molar-refractivity contribution in [2.75, 3.05) is 5.32 Å². The zero-order chi connectivity index (χ0) is 20.0. The highest BCUT2D eigenvalue weighted by molar-refractivity contribution is 8.00. The maximum Gasteiger partial charge on any atom is 0.237 e. The summed E-state index contributed by atoms with van der Waals surface area (Å²) in [6.07, 6.45) is 4.68. The smallest absolute Gasteiger partial charge is 0.237 e. The molecule has 8 heteroatoms. The van der Waals surface area contributed by atoms with Gasteiger partial charge in [-0.1, -0.05) is 30.0 Å². The number of carbonyl (C=O) groups excluding carboxylic acids is 1. The molecule has 0 saturated heterocycles. The van der Waals surface area contributed by atoms with Crippen molar-refractivity contribution in [2.24, 2.45) is 0 Å². The van der Waals surface area contributed by atoms with Crippen LogP contribution in [0.25, 0.3) is 15.9 Å². The molecule has 1 aliphatic rings. The van der Waals surface area contributed by atoms with Crippen LogP contribution in [0.1, 0.15) is 36.0 Å². The minimum Gasteiger partial charge on any atom is -0.325 e. The second-order valence-corrected chi connectivity index (χ2v) is 9.70. The highest BCUT2D eigenvalue weighted by Gasteiger charge is 2.24. The number of aromatic nitrogens is 4. The predicted molar refractivity (Wildman–Crippen MR) is 118 cm³/mol. The highest BCUT2D eigenvalue weighted by atomic mass is 32.2. The van der Waals surface area contributed by atoms with E-state index in [0.29, 0.717) is 5.16 Å². The summed E-state index contributed by atoms with van der Waals surface area (Å²) in [5, 5.41) is 13.4. The zero-order valence-corrected chi connectivity index (χ0v) is 17.9. The van der Waals surface area contributed by atoms with Crippen LogP contribution >= 0.6 is 23.1 Å². The molecule has 0 bridgehead atoms. The minimum atomic E-state index is -0.311. The van der Waals surface area contributed by atoms with Crippen LogP contribution in [-0.4, -0.2) is 30.7 Å². The lowest BCUT2D eigenvalue weighted by atomic mass is 9.97. The average molecular weight is 424 g/mol. The number of anilines is 1. The molecule has 29 heavy (non-hydrogen) atoms. The van der Waals surface area contributed by atoms with E-state index in [0.717, 1.165) is 40.2 Å². The number of nitrogens with zero attached hydrogens (tertiary/aromatic N) is 4. The molecule has 5 rings (SSSR count). The van der Waals surface area contributed by atoms with Crippen molar-refractivity contribution in [1.82, 2.24) is 19.6 Å². The van der Waals surface area contributed by atoms with Gasteiger partial charge in [-0.15, -0.1) is 21.5 Å². The second-order valence-electron chi connectivity index (χ2n) is 7.31. The van der Waals surface area contributed by atoms with Crippen molar-refractivity contribution in [3.05, 3.63) is 46.6 Å². The van der Waals surface area contributed by atoms with E-state index in [2.05, 4.69) is 15.5 Å². The molecule has 1 atom stereocenters. The number of hydrogen-bond acceptors (Lipinski definition) is 6. The van der Waals surface area contributed by atoms with Crippen LogP contribution < -0.4 is 5.32 Å². The van der Waals surface area contributed by atoms with Crippen LogP contribution in [0.3, 0.4) is 0 Å². The molecule has 3 heterocycles. The number of benzene rings is 1. The Morgan fingerprint density at radius 2 is 2.00 bits per heavy atom. The Labute approximate surface area is 176 Å². The topological polar surface area (TPSA) is 72.2 Å². The van der Waals surface area contributed by atoms with Gasteiger partial charge in [0.25, 0.3) is 0 Å². The highest BCUT2D eigenvalue weighted by Crippen LogP contribution is 2.38. The van der Waals surface area contributed by atoms with Gasteiger partial charge >= 0.3 is 0 Å². The first-order chi connectivity index (χ1) is 14.1. The molecule has 0 spiro atoms. The molecule has 1 amide bonds. The molecule has 148 valence electrons. The SMILES string of the molecule is Cc1nc2sc3c(c2c2nnc(S[C@H](C)C(=O)Nc4ccccc4)n12)CCCC3. The number of hydrogen-bond donors (Lipinski definition) is 1. The lowest BCUT2D eigenvalue weighted by Crippen LogP contribution is -2.22. The van der Waals surface area contributed by atoms with E-state index in [1.165, 1.54) is 35.0 Å². The summed E-state index contributed by atoms with van der Waals surface area (Å²) in [6.45, 7) is 3.87. The van der Waals surface area contributed by atoms with Gasteiger partial charge in [-0.3, -0.25) is 9.20 Å². The average Bonchev–Trinajstić information content (AvgIpc) is 3.30. The fraction of sp³-hybridized carbons (Fsp3) is 0.333. The first-order valence-electron chi connectivity index (χ1n) is 9.80. The van der Waals surface area contributed by atoms with Gasteiger partial charge in [0, 0.05) is 10.6 Å². The van der Waals surface area contributed by atoms with Gasteiger partial charge in [0.05, 0.1) is 10.6 Å². The Morgan fingerprint density at radius 3 is 2.83 bits per heavy atom. The van der Waals surface area contributed by atoms with Gasteiger partial charge < -0.3 is 5.32 Å². The molecule has 1 aliphatic carbocycles. The van der Waals surface area contributed by atoms with E-state index in [-0.39, 0.29) is 11.2 Å². The largest absolute Gasteiger partial charge is 0.325 e. The Bertz CT molecular complexity index is 1210. The maximum absolute atomic E-state index is 12.6. The summed E-state index contributed by atoms with van der Waals surface area (Å²) in [5.41, 5.74) is 3.05. The molecule has 3 aromatic heterocycles.